The van der Waals surface area contributed by atoms with E-state index in [-0.39, 0.29) is 17.9 Å². The van der Waals surface area contributed by atoms with E-state index in [1.54, 1.807) is 29.7 Å². The minimum Gasteiger partial charge on any atom is -0.457 e. The van der Waals surface area contributed by atoms with Gasteiger partial charge in [-0.05, 0) is 60.7 Å². The van der Waals surface area contributed by atoms with E-state index < -0.39 is 22.0 Å². The molecule has 4 aromatic rings. The van der Waals surface area contributed by atoms with Crippen LogP contribution in [-0.2, 0) is 27.8 Å². The van der Waals surface area contributed by atoms with Crippen LogP contribution in [-0.4, -0.2) is 39.8 Å². The number of amides is 1. The maximum absolute atomic E-state index is 13.4. The lowest BCUT2D eigenvalue weighted by Gasteiger charge is -2.33. The Balaban J connectivity index is 1.31. The second kappa shape index (κ2) is 10.3. The molecule has 2 heterocycles. The van der Waals surface area contributed by atoms with Crippen molar-refractivity contribution in [3.8, 4) is 23.0 Å². The minimum absolute atomic E-state index is 0.0139. The first-order valence-corrected chi connectivity index (χ1v) is 12.7. The van der Waals surface area contributed by atoms with Gasteiger partial charge in [-0.15, -0.1) is 0 Å². The van der Waals surface area contributed by atoms with Crippen LogP contribution in [0.2, 0.25) is 0 Å². The van der Waals surface area contributed by atoms with E-state index in [1.807, 2.05) is 30.3 Å². The highest BCUT2D eigenvalue weighted by molar-refractivity contribution is 7.89. The van der Waals surface area contributed by atoms with Gasteiger partial charge in [0.1, 0.15) is 29.0 Å². The molecule has 11 heteroatoms. The minimum atomic E-state index is -4.11. The van der Waals surface area contributed by atoms with Gasteiger partial charge in [0.25, 0.3) is 5.91 Å². The van der Waals surface area contributed by atoms with Crippen molar-refractivity contribution in [2.24, 2.45) is 0 Å². The number of para-hydroxylation sites is 1. The van der Waals surface area contributed by atoms with E-state index in [0.29, 0.717) is 28.6 Å². The first-order chi connectivity index (χ1) is 17.9. The number of benzene rings is 3. The van der Waals surface area contributed by atoms with Crippen LogP contribution in [0.3, 0.4) is 0 Å². The molecule has 1 atom stereocenters. The third kappa shape index (κ3) is 5.28. The molecule has 5 rings (SSSR count). The Kier molecular flexibility index (Phi) is 6.82. The first kappa shape index (κ1) is 24.4. The van der Waals surface area contributed by atoms with Crippen molar-refractivity contribution in [1.82, 2.24) is 19.8 Å². The molecule has 1 aliphatic rings. The summed E-state index contributed by atoms with van der Waals surface area (Å²) in [6.07, 6.45) is 2.92. The smallest absolute Gasteiger partial charge is 0.262 e. The van der Waals surface area contributed by atoms with Gasteiger partial charge >= 0.3 is 0 Å². The summed E-state index contributed by atoms with van der Waals surface area (Å²) in [6.45, 7) is -0.154. The summed E-state index contributed by atoms with van der Waals surface area (Å²) >= 11 is 0. The highest BCUT2D eigenvalue weighted by Crippen LogP contribution is 2.30. The molecule has 0 radical (unpaired) electrons. The van der Waals surface area contributed by atoms with Gasteiger partial charge in [0.05, 0.1) is 22.8 Å². The third-order valence-corrected chi connectivity index (χ3v) is 7.65. The number of sulfonamides is 1. The summed E-state index contributed by atoms with van der Waals surface area (Å²) in [5.74, 6) is 1.49. The lowest BCUT2D eigenvalue weighted by atomic mass is 10.0. The van der Waals surface area contributed by atoms with Gasteiger partial charge < -0.3 is 9.47 Å². The number of rotatable bonds is 7. The highest BCUT2D eigenvalue weighted by Gasteiger charge is 2.40. The van der Waals surface area contributed by atoms with Gasteiger partial charge in [-0.1, -0.05) is 18.2 Å². The van der Waals surface area contributed by atoms with Gasteiger partial charge in [0.15, 0.2) is 0 Å². The van der Waals surface area contributed by atoms with Crippen molar-refractivity contribution in [2.75, 3.05) is 0 Å². The van der Waals surface area contributed by atoms with E-state index in [9.17, 15) is 18.4 Å². The fourth-order valence-electron chi connectivity index (χ4n) is 3.94. The Morgan fingerprint density at radius 2 is 1.32 bits per heavy atom. The van der Waals surface area contributed by atoms with Crippen molar-refractivity contribution in [3.05, 3.63) is 103 Å². The second-order valence-corrected chi connectivity index (χ2v) is 10.0. The highest BCUT2D eigenvalue weighted by atomic mass is 32.2. The molecule has 1 aromatic heterocycles. The zero-order valence-electron chi connectivity index (χ0n) is 19.4. The predicted octanol–water partition coefficient (Wildman–Crippen LogP) is 3.68. The van der Waals surface area contributed by atoms with Crippen LogP contribution in [0.5, 0.6) is 23.0 Å². The van der Waals surface area contributed by atoms with E-state index in [1.165, 1.54) is 36.7 Å². The molecular weight excluding hydrogens is 496 g/mol. The summed E-state index contributed by atoms with van der Waals surface area (Å²) < 4.78 is 39.5. The van der Waals surface area contributed by atoms with Crippen LogP contribution < -0.4 is 15.0 Å². The topological polar surface area (TPSA) is 131 Å². The molecular formula is C26H22N4O6S. The number of nitrogens with zero attached hydrogens (tertiary/aromatic N) is 3. The molecule has 0 spiro atoms. The molecule has 0 unspecified atom stereocenters. The normalized spacial score (nSPS) is 15.4. The fraction of sp³-hybridized carbons (Fsp3) is 0.115. The molecule has 0 fully saturated rings. The Morgan fingerprint density at radius 1 is 0.811 bits per heavy atom. The number of fused-ring (bicyclic) bond motifs is 1. The summed E-state index contributed by atoms with van der Waals surface area (Å²) in [7, 11) is -4.11. The molecule has 0 saturated heterocycles. The van der Waals surface area contributed by atoms with Gasteiger partial charge in [0.2, 0.25) is 10.0 Å². The molecule has 10 nitrogen and oxygen atoms in total. The van der Waals surface area contributed by atoms with Gasteiger partial charge in [-0.25, -0.2) is 13.9 Å². The standard InChI is InChI=1S/C26H22N4O6S/c31-26(29-32)25-16-23-24(28-15-14-27-23)17-30(25)37(33,34)22-12-10-21(11-13-22)36-20-8-6-19(7-9-20)35-18-4-2-1-3-5-18/h1-15,25,32H,16-17H2,(H,29,31)/t25-/m1/s1. The maximum atomic E-state index is 13.4. The van der Waals surface area contributed by atoms with Gasteiger partial charge in [-0.2, -0.15) is 4.31 Å². The van der Waals surface area contributed by atoms with Crippen LogP contribution in [0.15, 0.2) is 96.2 Å². The Labute approximate surface area is 213 Å². The van der Waals surface area contributed by atoms with Crippen LogP contribution in [0.25, 0.3) is 0 Å². The summed E-state index contributed by atoms with van der Waals surface area (Å²) in [5, 5.41) is 9.18. The fourth-order valence-corrected chi connectivity index (χ4v) is 5.49. The number of hydrogen-bond donors (Lipinski definition) is 2. The number of hydroxylamine groups is 1. The second-order valence-electron chi connectivity index (χ2n) is 8.16. The van der Waals surface area contributed by atoms with E-state index in [4.69, 9.17) is 9.47 Å². The van der Waals surface area contributed by atoms with Crippen molar-refractivity contribution < 1.29 is 27.9 Å². The van der Waals surface area contributed by atoms with Gasteiger partial charge in [-0.3, -0.25) is 20.0 Å². The quantitative estimate of drug-likeness (QED) is 0.280. The van der Waals surface area contributed by atoms with E-state index in [2.05, 4.69) is 9.97 Å². The lowest BCUT2D eigenvalue weighted by molar-refractivity contribution is -0.133. The Morgan fingerprint density at radius 3 is 1.89 bits per heavy atom. The molecule has 0 bridgehead atoms. The molecule has 3 aromatic carbocycles. The van der Waals surface area contributed by atoms with Crippen LogP contribution in [0, 0.1) is 0 Å². The monoisotopic (exact) mass is 518 g/mol. The summed E-state index contributed by atoms with van der Waals surface area (Å²) in [6, 6.07) is 21.1. The van der Waals surface area contributed by atoms with Crippen molar-refractivity contribution in [2.45, 2.75) is 23.9 Å². The van der Waals surface area contributed by atoms with Gasteiger partial charge in [0, 0.05) is 18.8 Å². The summed E-state index contributed by atoms with van der Waals surface area (Å²) in [4.78, 5) is 20.6. The van der Waals surface area contributed by atoms with Crippen molar-refractivity contribution in [1.29, 1.82) is 0 Å². The van der Waals surface area contributed by atoms with Crippen LogP contribution in [0.1, 0.15) is 11.4 Å². The lowest BCUT2D eigenvalue weighted by Crippen LogP contribution is -2.52. The molecule has 0 aliphatic carbocycles. The summed E-state index contributed by atoms with van der Waals surface area (Å²) in [5.41, 5.74) is 2.51. The largest absolute Gasteiger partial charge is 0.457 e. The average Bonchev–Trinajstić information content (AvgIpc) is 2.94. The maximum Gasteiger partial charge on any atom is 0.262 e. The van der Waals surface area contributed by atoms with E-state index in [0.717, 1.165) is 10.1 Å². The SMILES string of the molecule is O=C(NO)[C@H]1Cc2nccnc2CN1S(=O)(=O)c1ccc(Oc2ccc(Oc3ccccc3)cc2)cc1. The zero-order valence-corrected chi connectivity index (χ0v) is 20.2. The van der Waals surface area contributed by atoms with E-state index >= 15 is 0 Å². The molecule has 2 N–H and O–H groups in total. The Hall–Kier alpha value is -4.32. The number of aromatic nitrogens is 2. The number of hydrogen-bond acceptors (Lipinski definition) is 8. The molecule has 1 amide bonds. The van der Waals surface area contributed by atoms with Crippen LogP contribution >= 0.6 is 0 Å². The number of carbonyl (C=O) groups excluding carboxylic acids is 1. The average molecular weight is 519 g/mol. The first-order valence-electron chi connectivity index (χ1n) is 11.3. The Bertz CT molecular complexity index is 1500. The number of carbonyl (C=O) groups is 1. The predicted molar refractivity (Wildman–Crippen MR) is 132 cm³/mol. The van der Waals surface area contributed by atoms with Crippen molar-refractivity contribution >= 4 is 15.9 Å². The zero-order chi connectivity index (χ0) is 25.8. The van der Waals surface area contributed by atoms with Crippen LogP contribution in [0.4, 0.5) is 0 Å². The molecule has 1 aliphatic heterocycles. The molecule has 188 valence electrons. The number of ether oxygens (including phenoxy) is 2. The van der Waals surface area contributed by atoms with Crippen molar-refractivity contribution in [3.63, 3.8) is 0 Å². The molecule has 37 heavy (non-hydrogen) atoms. The number of nitrogens with one attached hydrogen (secondary N) is 1. The third-order valence-electron chi connectivity index (χ3n) is 5.78. The molecule has 0 saturated carbocycles.